The normalized spacial score (nSPS) is 11.2. The molecule has 0 fully saturated rings. The van der Waals surface area contributed by atoms with E-state index in [1.54, 1.807) is 27.7 Å². The van der Waals surface area contributed by atoms with Gasteiger partial charge in [0.05, 0.1) is 30.8 Å². The van der Waals surface area contributed by atoms with Crippen LogP contribution in [0, 0.1) is 6.92 Å². The first kappa shape index (κ1) is 20.5. The highest BCUT2D eigenvalue weighted by molar-refractivity contribution is 7.80. The monoisotopic (exact) mass is 398 g/mol. The van der Waals surface area contributed by atoms with E-state index in [2.05, 4.69) is 21.9 Å². The van der Waals surface area contributed by atoms with Gasteiger partial charge >= 0.3 is 11.9 Å². The second-order valence-electron chi connectivity index (χ2n) is 3.74. The van der Waals surface area contributed by atoms with E-state index in [1.165, 1.54) is 11.3 Å². The van der Waals surface area contributed by atoms with E-state index in [-0.39, 0.29) is 17.7 Å². The molecule has 0 radical (unpaired) electrons. The van der Waals surface area contributed by atoms with Gasteiger partial charge in [0.2, 0.25) is 0 Å². The molecule has 1 atom stereocenters. The van der Waals surface area contributed by atoms with E-state index in [1.807, 2.05) is 0 Å². The number of alkyl halides is 1. The molecule has 0 bridgehead atoms. The second-order valence-corrected chi connectivity index (χ2v) is 6.02. The highest BCUT2D eigenvalue weighted by atomic mass is 35.5. The fraction of sp³-hybridized carbons (Fsp3) is 0.500. The van der Waals surface area contributed by atoms with Crippen LogP contribution in [0.2, 0.25) is 0 Å². The van der Waals surface area contributed by atoms with Crippen LogP contribution in [0.4, 0.5) is 0 Å². The number of halogens is 1. The van der Waals surface area contributed by atoms with Gasteiger partial charge in [-0.05, 0) is 27.7 Å². The smallest absolute Gasteiger partial charge is 0.349 e. The van der Waals surface area contributed by atoms with E-state index < -0.39 is 23.6 Å². The first-order chi connectivity index (χ1) is 12.0. The molecule has 2 N–H and O–H groups in total. The molecule has 136 valence electrons. The number of esters is 2. The molecule has 0 amide bonds. The van der Waals surface area contributed by atoms with Crippen LogP contribution in [0.3, 0.4) is 0 Å². The van der Waals surface area contributed by atoms with Crippen molar-refractivity contribution in [2.24, 2.45) is 5.73 Å². The van der Waals surface area contributed by atoms with Crippen LogP contribution < -0.4 is 5.73 Å². The Morgan fingerprint density at radius 1 is 1.54 bits per heavy atom. The van der Waals surface area contributed by atoms with Crippen molar-refractivity contribution in [2.75, 3.05) is 13.2 Å². The summed E-state index contributed by atoms with van der Waals surface area (Å²) in [7, 11) is 0. The molecule has 1 unspecified atom stereocenters. The average Bonchev–Trinajstić information content (AvgIpc) is 2.85. The first-order valence-corrected chi connectivity index (χ1v) is 8.32. The third-order valence-corrected chi connectivity index (χ3v) is 2.74. The predicted molar refractivity (Wildman–Crippen MR) is 97.6 cm³/mol. The molecule has 1 heterocycles. The van der Waals surface area contributed by atoms with E-state index in [0.29, 0.717) is 16.6 Å². The van der Waals surface area contributed by atoms with Gasteiger partial charge in [-0.1, -0.05) is 12.2 Å². The molecule has 0 saturated heterocycles. The number of hydrogen-bond acceptors (Lipinski definition) is 8. The molecule has 1 aromatic rings. The van der Waals surface area contributed by atoms with Gasteiger partial charge in [0, 0.05) is 0 Å². The lowest BCUT2D eigenvalue weighted by atomic mass is 10.5. The zero-order valence-corrected chi connectivity index (χ0v) is 16.1. The molecule has 0 saturated carbocycles. The number of aryl methyl sites for hydroxylation is 1. The summed E-state index contributed by atoms with van der Waals surface area (Å²) in [5, 5.41) is -0.761. The zero-order valence-electron chi connectivity index (χ0n) is 15.8. The number of carbonyl (C=O) groups is 3. The predicted octanol–water partition coefficient (Wildman–Crippen LogP) is 2.28. The Bertz CT molecular complexity index is 624. The summed E-state index contributed by atoms with van der Waals surface area (Å²) in [6.45, 7) is 7.25. The maximum Gasteiger partial charge on any atom is 0.349 e. The van der Waals surface area contributed by atoms with Gasteiger partial charge < -0.3 is 20.0 Å². The number of aromatic nitrogens is 1. The number of ether oxygens (including phenoxy) is 2. The van der Waals surface area contributed by atoms with Crippen LogP contribution in [0.1, 0.15) is 38.2 Å². The lowest BCUT2D eigenvalue weighted by Crippen LogP contribution is -2.18. The standard InChI is InChI=1S/C7H9NO2S.C5H7ClO3.C2H5NS/c1-3-10-7(9)6-4-8-5(2)11-6;1-2-9-5(8)4(6)3-7;1-2(3)4/h4H,3H2,1-2H3;3-4H,2H2,1H3;1H3,(H2,3,4)/i4D;3D;. The molecule has 1 rings (SSSR count). The van der Waals surface area contributed by atoms with Gasteiger partial charge in [-0.3, -0.25) is 0 Å². The number of rotatable bonds is 5. The SMILES string of the molecule is CC(N)=S.[2H]C(=O)C(Cl)C(=O)OCC.[2H]c1nc(C)sc1C(=O)OCC. The van der Waals surface area contributed by atoms with E-state index in [0.717, 1.165) is 0 Å². The summed E-state index contributed by atoms with van der Waals surface area (Å²) in [6.07, 6.45) is -1.13. The number of nitrogens with two attached hydrogens (primary N) is 1. The number of thiocarbonyl (C=S) groups is 1. The maximum atomic E-state index is 11.1. The van der Waals surface area contributed by atoms with Crippen molar-refractivity contribution in [2.45, 2.75) is 33.1 Å². The Morgan fingerprint density at radius 3 is 2.38 bits per heavy atom. The fourth-order valence-corrected chi connectivity index (χ4v) is 1.55. The van der Waals surface area contributed by atoms with Crippen LogP contribution in [-0.4, -0.2) is 46.8 Å². The number of aldehydes is 1. The van der Waals surface area contributed by atoms with Crippen LogP contribution in [0.15, 0.2) is 6.17 Å². The van der Waals surface area contributed by atoms with Crippen molar-refractivity contribution < 1.29 is 26.6 Å². The topological polar surface area (TPSA) is 109 Å². The quantitative estimate of drug-likeness (QED) is 0.264. The summed E-state index contributed by atoms with van der Waals surface area (Å²) in [6, 6.07) is 0. The van der Waals surface area contributed by atoms with Crippen molar-refractivity contribution in [1.82, 2.24) is 4.98 Å². The Morgan fingerprint density at radius 2 is 2.04 bits per heavy atom. The van der Waals surface area contributed by atoms with Gasteiger partial charge in [-0.2, -0.15) is 0 Å². The molecule has 1 aromatic heterocycles. The minimum absolute atomic E-state index is 0.0101. The zero-order chi connectivity index (χ0) is 20.9. The molecular formula is C14H21ClN2O5S2. The summed E-state index contributed by atoms with van der Waals surface area (Å²) < 4.78 is 22.8. The van der Waals surface area contributed by atoms with E-state index in [9.17, 15) is 14.4 Å². The Balaban J connectivity index is 0. The second kappa shape index (κ2) is 15.0. The van der Waals surface area contributed by atoms with Crippen LogP contribution in [-0.2, 0) is 19.1 Å². The van der Waals surface area contributed by atoms with Crippen LogP contribution in [0.25, 0.3) is 0 Å². The van der Waals surface area contributed by atoms with Gasteiger partial charge in [-0.15, -0.1) is 22.9 Å². The lowest BCUT2D eigenvalue weighted by Gasteiger charge is -1.99. The van der Waals surface area contributed by atoms with Gasteiger partial charge in [0.25, 0.3) is 0 Å². The molecule has 0 aliphatic rings. The van der Waals surface area contributed by atoms with Crippen molar-refractivity contribution >= 4 is 58.3 Å². The van der Waals surface area contributed by atoms with Gasteiger partial charge in [0.15, 0.2) is 5.38 Å². The van der Waals surface area contributed by atoms with Crippen molar-refractivity contribution in [3.8, 4) is 0 Å². The minimum atomic E-state index is -1.47. The minimum Gasteiger partial charge on any atom is -0.465 e. The van der Waals surface area contributed by atoms with Crippen molar-refractivity contribution in [3.05, 3.63) is 16.1 Å². The largest absolute Gasteiger partial charge is 0.465 e. The summed E-state index contributed by atoms with van der Waals surface area (Å²) in [5.74, 6) is -1.31. The molecule has 10 heteroatoms. The fourth-order valence-electron chi connectivity index (χ4n) is 0.870. The average molecular weight is 399 g/mol. The molecule has 0 aliphatic carbocycles. The van der Waals surface area contributed by atoms with Crippen LogP contribution >= 0.6 is 35.2 Å². The van der Waals surface area contributed by atoms with Gasteiger partial charge in [-0.25, -0.2) is 14.6 Å². The summed E-state index contributed by atoms with van der Waals surface area (Å²) in [5.41, 5.74) is 4.84. The third kappa shape index (κ3) is 14.0. The summed E-state index contributed by atoms with van der Waals surface area (Å²) in [4.78, 5) is 36.3. The molecule has 7 nitrogen and oxygen atoms in total. The van der Waals surface area contributed by atoms with Crippen LogP contribution in [0.5, 0.6) is 0 Å². The van der Waals surface area contributed by atoms with Crippen molar-refractivity contribution in [3.63, 3.8) is 0 Å². The Kier molecular flexibility index (Phi) is 12.8. The molecule has 0 aromatic carbocycles. The lowest BCUT2D eigenvalue weighted by molar-refractivity contribution is -0.143. The number of thiazole rings is 1. The highest BCUT2D eigenvalue weighted by Crippen LogP contribution is 2.12. The van der Waals surface area contributed by atoms with Gasteiger partial charge in [0.1, 0.15) is 12.5 Å². The van der Waals surface area contributed by atoms with E-state index >= 15 is 0 Å². The summed E-state index contributed by atoms with van der Waals surface area (Å²) >= 11 is 10.6. The van der Waals surface area contributed by atoms with Crippen molar-refractivity contribution in [1.29, 1.82) is 0 Å². The molecule has 24 heavy (non-hydrogen) atoms. The Labute approximate surface area is 158 Å². The number of nitrogens with zero attached hydrogens (tertiary/aromatic N) is 1. The third-order valence-electron chi connectivity index (χ3n) is 1.62. The highest BCUT2D eigenvalue weighted by Gasteiger charge is 2.13. The molecule has 0 aliphatic heterocycles. The maximum absolute atomic E-state index is 11.1. The number of hydrogen-bond donors (Lipinski definition) is 1. The molecule has 0 spiro atoms. The first-order valence-electron chi connectivity index (χ1n) is 7.66. The van der Waals surface area contributed by atoms with E-state index in [4.69, 9.17) is 24.8 Å². The molecular weight excluding hydrogens is 376 g/mol. The number of carbonyl (C=O) groups excluding carboxylic acids is 3. The Hall–Kier alpha value is -1.58.